The minimum atomic E-state index is 0.788. The zero-order valence-electron chi connectivity index (χ0n) is 11.4. The highest BCUT2D eigenvalue weighted by Crippen LogP contribution is 2.21. The van der Waals surface area contributed by atoms with Gasteiger partial charge in [0.2, 0.25) is 0 Å². The molecule has 1 fully saturated rings. The van der Waals surface area contributed by atoms with Crippen molar-refractivity contribution in [3.8, 4) is 5.75 Å². The Morgan fingerprint density at radius 1 is 1.39 bits per heavy atom. The van der Waals surface area contributed by atoms with Gasteiger partial charge < -0.3 is 15.0 Å². The Morgan fingerprint density at radius 3 is 2.78 bits per heavy atom. The summed E-state index contributed by atoms with van der Waals surface area (Å²) in [6.07, 6.45) is 7.24. The van der Waals surface area contributed by atoms with Crippen molar-refractivity contribution >= 4 is 5.82 Å². The third kappa shape index (κ3) is 3.60. The zero-order valence-corrected chi connectivity index (χ0v) is 11.4. The number of likely N-dealkylation sites (N-methyl/N-ethyl adjacent to an activating group) is 1. The highest BCUT2D eigenvalue weighted by Gasteiger charge is 2.18. The number of anilines is 1. The molecule has 1 heterocycles. The average Bonchev–Trinajstić information content (AvgIpc) is 2.93. The Labute approximate surface area is 109 Å². The summed E-state index contributed by atoms with van der Waals surface area (Å²) in [5.74, 6) is 1.71. The highest BCUT2D eigenvalue weighted by atomic mass is 16.5. The fourth-order valence-corrected chi connectivity index (χ4v) is 2.49. The van der Waals surface area contributed by atoms with Crippen LogP contribution in [0.15, 0.2) is 18.3 Å². The first-order chi connectivity index (χ1) is 8.79. The third-order valence-corrected chi connectivity index (χ3v) is 3.69. The van der Waals surface area contributed by atoms with Gasteiger partial charge in [-0.1, -0.05) is 12.8 Å². The third-order valence-electron chi connectivity index (χ3n) is 3.69. The highest BCUT2D eigenvalue weighted by molar-refractivity contribution is 5.37. The van der Waals surface area contributed by atoms with E-state index < -0.39 is 0 Å². The molecule has 0 bridgehead atoms. The van der Waals surface area contributed by atoms with Gasteiger partial charge in [0.25, 0.3) is 0 Å². The molecule has 0 atom stereocenters. The summed E-state index contributed by atoms with van der Waals surface area (Å²) in [6, 6.07) is 4.67. The van der Waals surface area contributed by atoms with E-state index in [0.29, 0.717) is 0 Å². The molecule has 1 N–H and O–H groups in total. The van der Waals surface area contributed by atoms with Crippen LogP contribution in [0.3, 0.4) is 0 Å². The number of rotatable bonds is 6. The maximum absolute atomic E-state index is 5.08. The maximum atomic E-state index is 5.08. The maximum Gasteiger partial charge on any atom is 0.137 e. The first-order valence-electron chi connectivity index (χ1n) is 6.74. The Morgan fingerprint density at radius 2 is 2.17 bits per heavy atom. The van der Waals surface area contributed by atoms with Gasteiger partial charge in [0.05, 0.1) is 13.3 Å². The lowest BCUT2D eigenvalue weighted by molar-refractivity contribution is 0.254. The second-order valence-corrected chi connectivity index (χ2v) is 4.93. The van der Waals surface area contributed by atoms with Crippen LogP contribution in [0.5, 0.6) is 5.75 Å². The molecule has 1 aromatic rings. The van der Waals surface area contributed by atoms with E-state index in [9.17, 15) is 0 Å². The van der Waals surface area contributed by atoms with Crippen LogP contribution in [0.2, 0.25) is 0 Å². The van der Waals surface area contributed by atoms with Crippen LogP contribution >= 0.6 is 0 Å². The summed E-state index contributed by atoms with van der Waals surface area (Å²) in [6.45, 7) is 2.00. The predicted molar refractivity (Wildman–Crippen MR) is 74.2 cm³/mol. The quantitative estimate of drug-likeness (QED) is 0.840. The van der Waals surface area contributed by atoms with Gasteiger partial charge in [0, 0.05) is 19.1 Å². The van der Waals surface area contributed by atoms with E-state index in [1.165, 1.54) is 25.7 Å². The van der Waals surface area contributed by atoms with Crippen LogP contribution in [0.4, 0.5) is 5.82 Å². The number of aromatic nitrogens is 1. The molecule has 1 aliphatic carbocycles. The van der Waals surface area contributed by atoms with Crippen molar-refractivity contribution in [2.24, 2.45) is 0 Å². The molecule has 4 heteroatoms. The van der Waals surface area contributed by atoms with Crippen LogP contribution in [0, 0.1) is 0 Å². The number of methoxy groups -OCH3 is 1. The van der Waals surface area contributed by atoms with Gasteiger partial charge in [0.15, 0.2) is 0 Å². The predicted octanol–water partition coefficient (Wildman–Crippen LogP) is 2.38. The van der Waals surface area contributed by atoms with Gasteiger partial charge in [-0.15, -0.1) is 0 Å². The van der Waals surface area contributed by atoms with E-state index in [-0.39, 0.29) is 0 Å². The Balaban J connectivity index is 1.70. The van der Waals surface area contributed by atoms with Gasteiger partial charge in [-0.05, 0) is 32.0 Å². The van der Waals surface area contributed by atoms with Crippen LogP contribution in [0.25, 0.3) is 0 Å². The molecule has 1 aromatic heterocycles. The second-order valence-electron chi connectivity index (χ2n) is 4.93. The van der Waals surface area contributed by atoms with Gasteiger partial charge in [-0.25, -0.2) is 4.98 Å². The molecule has 0 radical (unpaired) electrons. The standard InChI is InChI=1S/C14H23N3O/c1-17(12-5-3-4-6-12)10-9-15-14-8-7-13(18-2)11-16-14/h7-8,11-12H,3-6,9-10H2,1-2H3,(H,15,16). The molecular formula is C14H23N3O. The van der Waals surface area contributed by atoms with Crippen LogP contribution < -0.4 is 10.1 Å². The lowest BCUT2D eigenvalue weighted by atomic mass is 10.2. The van der Waals surface area contributed by atoms with Crippen molar-refractivity contribution in [3.63, 3.8) is 0 Å². The molecule has 1 aliphatic rings. The van der Waals surface area contributed by atoms with E-state index in [1.807, 2.05) is 12.1 Å². The number of hydrogen-bond donors (Lipinski definition) is 1. The van der Waals surface area contributed by atoms with Crippen molar-refractivity contribution in [2.75, 3.05) is 32.6 Å². The molecule has 18 heavy (non-hydrogen) atoms. The molecule has 0 amide bonds. The molecule has 0 aromatic carbocycles. The Hall–Kier alpha value is -1.29. The van der Waals surface area contributed by atoms with Crippen LogP contribution in [0.1, 0.15) is 25.7 Å². The van der Waals surface area contributed by atoms with E-state index in [4.69, 9.17) is 4.74 Å². The van der Waals surface area contributed by atoms with Crippen molar-refractivity contribution in [2.45, 2.75) is 31.7 Å². The molecule has 2 rings (SSSR count). The zero-order chi connectivity index (χ0) is 12.8. The van der Waals surface area contributed by atoms with E-state index in [0.717, 1.165) is 30.7 Å². The van der Waals surface area contributed by atoms with Gasteiger partial charge >= 0.3 is 0 Å². The minimum absolute atomic E-state index is 0.788. The summed E-state index contributed by atoms with van der Waals surface area (Å²) < 4.78 is 5.08. The SMILES string of the molecule is COc1ccc(NCCN(C)C2CCCC2)nc1. The lowest BCUT2D eigenvalue weighted by Crippen LogP contribution is -2.33. The number of ether oxygens (including phenoxy) is 1. The summed E-state index contributed by atoms with van der Waals surface area (Å²) >= 11 is 0. The number of nitrogens with zero attached hydrogens (tertiary/aromatic N) is 2. The topological polar surface area (TPSA) is 37.4 Å². The number of pyridine rings is 1. The van der Waals surface area contributed by atoms with E-state index >= 15 is 0 Å². The van der Waals surface area contributed by atoms with Crippen molar-refractivity contribution in [1.29, 1.82) is 0 Å². The minimum Gasteiger partial charge on any atom is -0.495 e. The summed E-state index contributed by atoms with van der Waals surface area (Å²) in [5.41, 5.74) is 0. The molecular weight excluding hydrogens is 226 g/mol. The molecule has 0 unspecified atom stereocenters. The van der Waals surface area contributed by atoms with E-state index in [2.05, 4.69) is 22.2 Å². The Bertz CT molecular complexity index is 347. The summed E-state index contributed by atoms with van der Waals surface area (Å²) in [5, 5.41) is 3.34. The van der Waals surface area contributed by atoms with E-state index in [1.54, 1.807) is 13.3 Å². The van der Waals surface area contributed by atoms with Gasteiger partial charge in [0.1, 0.15) is 11.6 Å². The largest absolute Gasteiger partial charge is 0.495 e. The lowest BCUT2D eigenvalue weighted by Gasteiger charge is -2.24. The molecule has 1 saturated carbocycles. The normalized spacial score (nSPS) is 16.2. The van der Waals surface area contributed by atoms with Crippen molar-refractivity contribution < 1.29 is 4.74 Å². The second kappa shape index (κ2) is 6.59. The van der Waals surface area contributed by atoms with Crippen molar-refractivity contribution in [1.82, 2.24) is 9.88 Å². The van der Waals surface area contributed by atoms with Crippen molar-refractivity contribution in [3.05, 3.63) is 18.3 Å². The number of hydrogen-bond acceptors (Lipinski definition) is 4. The van der Waals surface area contributed by atoms with Crippen LogP contribution in [-0.4, -0.2) is 43.2 Å². The molecule has 100 valence electrons. The summed E-state index contributed by atoms with van der Waals surface area (Å²) in [7, 11) is 3.87. The smallest absolute Gasteiger partial charge is 0.137 e. The fraction of sp³-hybridized carbons (Fsp3) is 0.643. The van der Waals surface area contributed by atoms with Crippen LogP contribution in [-0.2, 0) is 0 Å². The molecule has 0 spiro atoms. The molecule has 0 saturated heterocycles. The first kappa shape index (κ1) is 13.1. The fourth-order valence-electron chi connectivity index (χ4n) is 2.49. The molecule has 0 aliphatic heterocycles. The summed E-state index contributed by atoms with van der Waals surface area (Å²) in [4.78, 5) is 6.75. The monoisotopic (exact) mass is 249 g/mol. The average molecular weight is 249 g/mol. The van der Waals surface area contributed by atoms with Gasteiger partial charge in [-0.3, -0.25) is 0 Å². The molecule has 4 nitrogen and oxygen atoms in total. The number of nitrogens with one attached hydrogen (secondary N) is 1. The first-order valence-corrected chi connectivity index (χ1v) is 6.74. The van der Waals surface area contributed by atoms with Gasteiger partial charge in [-0.2, -0.15) is 0 Å². The Kier molecular flexibility index (Phi) is 4.81.